The molecule has 0 fully saturated rings. The number of benzene rings is 3. The number of amides is 2. The molecule has 1 aliphatic rings. The standard InChI is InChI=1S/C14H12N2O2.C7H5NO/c15-7-6-9-5-4-8-2-1-3-10-11(8)12(9)14(18)16-13(10)17;9-7-5-1-3-6(8-7)4-2-5/h1-5H,6-7,15H2,(H,16,17,18);1-4H,(H,8,9). The van der Waals surface area contributed by atoms with Crippen molar-refractivity contribution in [2.75, 3.05) is 6.54 Å². The molecule has 3 aromatic carbocycles. The maximum Gasteiger partial charge on any atom is 0.259 e. The van der Waals surface area contributed by atoms with E-state index in [1.54, 1.807) is 6.07 Å². The van der Waals surface area contributed by atoms with Crippen LogP contribution in [0.2, 0.25) is 0 Å². The van der Waals surface area contributed by atoms with Gasteiger partial charge in [0.1, 0.15) is 0 Å². The van der Waals surface area contributed by atoms with E-state index < -0.39 is 0 Å². The summed E-state index contributed by atoms with van der Waals surface area (Å²) in [6, 6.07) is 16.7. The molecular weight excluding hydrogens is 342 g/mol. The third-order valence-corrected chi connectivity index (χ3v) is 4.65. The Bertz CT molecular complexity index is 1210. The molecule has 2 aromatic heterocycles. The fourth-order valence-electron chi connectivity index (χ4n) is 3.38. The first-order chi connectivity index (χ1) is 13.1. The Morgan fingerprint density at radius 1 is 0.815 bits per heavy atom. The zero-order valence-corrected chi connectivity index (χ0v) is 14.4. The molecule has 3 heterocycles. The molecule has 134 valence electrons. The minimum atomic E-state index is -0.331. The SMILES string of the molecule is NCCc1ccc2cccc3c2c1C(=O)NC3=O.O=c1[nH]c2ccc1cc2. The largest absolute Gasteiger partial charge is 0.330 e. The second kappa shape index (κ2) is 6.66. The Kier molecular flexibility index (Phi) is 4.18. The van der Waals surface area contributed by atoms with Crippen LogP contribution in [0.4, 0.5) is 0 Å². The molecule has 6 heteroatoms. The van der Waals surface area contributed by atoms with E-state index in [-0.39, 0.29) is 17.4 Å². The molecule has 2 bridgehead atoms. The van der Waals surface area contributed by atoms with E-state index >= 15 is 0 Å². The normalized spacial score (nSPS) is 12.8. The van der Waals surface area contributed by atoms with Gasteiger partial charge >= 0.3 is 0 Å². The van der Waals surface area contributed by atoms with Gasteiger partial charge in [-0.15, -0.1) is 0 Å². The number of aromatic amines is 1. The Balaban J connectivity index is 0.000000167. The number of rotatable bonds is 2. The first-order valence-corrected chi connectivity index (χ1v) is 8.60. The number of hydrogen-bond donors (Lipinski definition) is 3. The van der Waals surface area contributed by atoms with Gasteiger partial charge in [0.15, 0.2) is 0 Å². The van der Waals surface area contributed by atoms with Crippen molar-refractivity contribution in [3.8, 4) is 0 Å². The summed E-state index contributed by atoms with van der Waals surface area (Å²) in [7, 11) is 0. The number of carbonyl (C=O) groups is 2. The van der Waals surface area contributed by atoms with E-state index in [1.807, 2.05) is 48.5 Å². The van der Waals surface area contributed by atoms with Gasteiger partial charge in [0, 0.05) is 21.9 Å². The van der Waals surface area contributed by atoms with Gasteiger partial charge in [-0.3, -0.25) is 19.7 Å². The fourth-order valence-corrected chi connectivity index (χ4v) is 3.38. The van der Waals surface area contributed by atoms with Gasteiger partial charge in [-0.2, -0.15) is 0 Å². The summed E-state index contributed by atoms with van der Waals surface area (Å²) >= 11 is 0. The molecular formula is C21H17N3O3. The molecule has 0 aliphatic carbocycles. The van der Waals surface area contributed by atoms with Crippen LogP contribution in [0.1, 0.15) is 26.3 Å². The predicted molar refractivity (Wildman–Crippen MR) is 104 cm³/mol. The highest BCUT2D eigenvalue weighted by molar-refractivity contribution is 6.26. The third kappa shape index (κ3) is 2.96. The van der Waals surface area contributed by atoms with Gasteiger partial charge in [-0.05, 0) is 54.2 Å². The first-order valence-electron chi connectivity index (χ1n) is 8.60. The molecule has 1 aliphatic heterocycles. The molecule has 27 heavy (non-hydrogen) atoms. The number of H-pyrrole nitrogens is 1. The van der Waals surface area contributed by atoms with Crippen LogP contribution in [0.5, 0.6) is 0 Å². The Hall–Kier alpha value is -3.51. The van der Waals surface area contributed by atoms with Crippen molar-refractivity contribution in [1.82, 2.24) is 10.3 Å². The van der Waals surface area contributed by atoms with E-state index in [4.69, 9.17) is 5.73 Å². The van der Waals surface area contributed by atoms with Crippen LogP contribution in [0.25, 0.3) is 21.7 Å². The van der Waals surface area contributed by atoms with Crippen LogP contribution in [0.15, 0.2) is 59.4 Å². The number of nitrogens with two attached hydrogens (primary N) is 1. The average molecular weight is 359 g/mol. The van der Waals surface area contributed by atoms with Crippen LogP contribution in [-0.2, 0) is 6.42 Å². The van der Waals surface area contributed by atoms with Crippen LogP contribution >= 0.6 is 0 Å². The molecule has 0 spiro atoms. The summed E-state index contributed by atoms with van der Waals surface area (Å²) in [5, 5.41) is 4.77. The first kappa shape index (κ1) is 16.9. The van der Waals surface area contributed by atoms with Gasteiger partial charge in [-0.1, -0.05) is 24.3 Å². The predicted octanol–water partition coefficient (Wildman–Crippen LogP) is 2.19. The minimum absolute atomic E-state index is 0.00926. The van der Waals surface area contributed by atoms with Crippen LogP contribution < -0.4 is 16.6 Å². The number of aromatic nitrogens is 1. The van der Waals surface area contributed by atoms with E-state index in [0.29, 0.717) is 24.1 Å². The van der Waals surface area contributed by atoms with Gasteiger partial charge < -0.3 is 10.7 Å². The fraction of sp³-hybridized carbons (Fsp3) is 0.0952. The zero-order valence-electron chi connectivity index (χ0n) is 14.4. The Labute approximate surface area is 154 Å². The lowest BCUT2D eigenvalue weighted by Gasteiger charge is -2.19. The van der Waals surface area contributed by atoms with Crippen LogP contribution in [0, 0.1) is 0 Å². The monoisotopic (exact) mass is 359 g/mol. The number of pyridine rings is 2. The van der Waals surface area contributed by atoms with Gasteiger partial charge in [-0.25, -0.2) is 0 Å². The summed E-state index contributed by atoms with van der Waals surface area (Å²) in [5.74, 6) is -0.657. The molecule has 0 saturated carbocycles. The number of imide groups is 1. The van der Waals surface area contributed by atoms with Crippen molar-refractivity contribution < 1.29 is 9.59 Å². The molecule has 2 amide bonds. The van der Waals surface area contributed by atoms with Crippen molar-refractivity contribution in [2.24, 2.45) is 5.73 Å². The summed E-state index contributed by atoms with van der Waals surface area (Å²) in [4.78, 5) is 37.3. The number of fused-ring (bicyclic) bond motifs is 3. The quantitative estimate of drug-likeness (QED) is 0.477. The minimum Gasteiger partial charge on any atom is -0.330 e. The lowest BCUT2D eigenvalue weighted by molar-refractivity contribution is 0.0844. The molecule has 6 rings (SSSR count). The van der Waals surface area contributed by atoms with Crippen LogP contribution in [0.3, 0.4) is 0 Å². The average Bonchev–Trinajstić information content (AvgIpc) is 2.68. The maximum atomic E-state index is 12.0. The molecule has 5 aromatic rings. The number of hydrogen-bond acceptors (Lipinski definition) is 4. The summed E-state index contributed by atoms with van der Waals surface area (Å²) in [6.07, 6.45) is 0.626. The van der Waals surface area contributed by atoms with Gasteiger partial charge in [0.2, 0.25) is 0 Å². The van der Waals surface area contributed by atoms with Crippen molar-refractivity contribution in [3.05, 3.63) is 81.6 Å². The number of nitrogens with one attached hydrogen (secondary N) is 2. The highest BCUT2D eigenvalue weighted by Crippen LogP contribution is 2.29. The van der Waals surface area contributed by atoms with Gasteiger partial charge in [0.05, 0.1) is 5.56 Å². The molecule has 0 unspecified atom stereocenters. The Morgan fingerprint density at radius 2 is 1.56 bits per heavy atom. The number of carbonyl (C=O) groups excluding carboxylic acids is 2. The summed E-state index contributed by atoms with van der Waals surface area (Å²) in [5.41, 5.74) is 8.49. The molecule has 6 nitrogen and oxygen atoms in total. The van der Waals surface area contributed by atoms with Crippen molar-refractivity contribution >= 4 is 33.5 Å². The van der Waals surface area contributed by atoms with Crippen molar-refractivity contribution in [1.29, 1.82) is 0 Å². The van der Waals surface area contributed by atoms with Crippen molar-refractivity contribution in [3.63, 3.8) is 0 Å². The lowest BCUT2D eigenvalue weighted by Crippen LogP contribution is -2.35. The van der Waals surface area contributed by atoms with E-state index in [9.17, 15) is 14.4 Å². The smallest absolute Gasteiger partial charge is 0.259 e. The maximum absolute atomic E-state index is 12.0. The second-order valence-corrected chi connectivity index (χ2v) is 6.36. The van der Waals surface area contributed by atoms with E-state index in [1.165, 1.54) is 0 Å². The summed E-state index contributed by atoms with van der Waals surface area (Å²) in [6.45, 7) is 0.474. The van der Waals surface area contributed by atoms with Crippen molar-refractivity contribution in [2.45, 2.75) is 6.42 Å². The molecule has 0 radical (unpaired) electrons. The van der Waals surface area contributed by atoms with Gasteiger partial charge in [0.25, 0.3) is 17.4 Å². The van der Waals surface area contributed by atoms with E-state index in [2.05, 4.69) is 10.3 Å². The molecule has 0 saturated heterocycles. The zero-order chi connectivity index (χ0) is 19.0. The molecule has 4 N–H and O–H groups in total. The third-order valence-electron chi connectivity index (χ3n) is 4.65. The Morgan fingerprint density at radius 3 is 2.15 bits per heavy atom. The van der Waals surface area contributed by atoms with Crippen LogP contribution in [-0.4, -0.2) is 23.3 Å². The summed E-state index contributed by atoms with van der Waals surface area (Å²) < 4.78 is 0. The van der Waals surface area contributed by atoms with E-state index in [0.717, 1.165) is 27.2 Å². The highest BCUT2D eigenvalue weighted by Gasteiger charge is 2.26. The second-order valence-electron chi connectivity index (χ2n) is 6.36. The molecule has 0 atom stereocenters. The highest BCUT2D eigenvalue weighted by atomic mass is 16.2. The topological polar surface area (TPSA) is 105 Å². The lowest BCUT2D eigenvalue weighted by atomic mass is 9.90.